The van der Waals surface area contributed by atoms with E-state index < -0.39 is 41.3 Å². The first-order valence-corrected chi connectivity index (χ1v) is 9.91. The average Bonchev–Trinajstić information content (AvgIpc) is 3.17. The lowest BCUT2D eigenvalue weighted by Gasteiger charge is -2.17. The molecule has 3 aromatic rings. The normalized spacial score (nSPS) is 18.3. The van der Waals surface area contributed by atoms with Crippen LogP contribution < -0.4 is 10.9 Å². The van der Waals surface area contributed by atoms with E-state index in [0.29, 0.717) is 19.3 Å². The molecular formula is C21H17F4N5O3. The first-order valence-electron chi connectivity index (χ1n) is 9.91. The van der Waals surface area contributed by atoms with Crippen molar-refractivity contribution in [1.29, 1.82) is 0 Å². The van der Waals surface area contributed by atoms with E-state index in [4.69, 9.17) is 0 Å². The molecule has 1 aliphatic rings. The molecule has 33 heavy (non-hydrogen) atoms. The largest absolute Gasteiger partial charge is 0.433 e. The molecule has 1 aliphatic carbocycles. The number of nitrogens with zero attached hydrogens (tertiary/aromatic N) is 4. The molecule has 1 amide bonds. The second-order valence-corrected chi connectivity index (χ2v) is 7.53. The lowest BCUT2D eigenvalue weighted by Crippen LogP contribution is -2.42. The molecule has 0 unspecified atom stereocenters. The number of aliphatic hydroxyl groups is 1. The van der Waals surface area contributed by atoms with Crippen LogP contribution in [-0.2, 0) is 6.18 Å². The number of alkyl halides is 3. The molecule has 8 nitrogen and oxygen atoms in total. The summed E-state index contributed by atoms with van der Waals surface area (Å²) >= 11 is 0. The number of aliphatic hydroxyl groups excluding tert-OH is 1. The molecule has 2 N–H and O–H groups in total. The summed E-state index contributed by atoms with van der Waals surface area (Å²) < 4.78 is 53.0. The predicted molar refractivity (Wildman–Crippen MR) is 107 cm³/mol. The fourth-order valence-electron chi connectivity index (χ4n) is 3.56. The zero-order valence-corrected chi connectivity index (χ0v) is 16.9. The Kier molecular flexibility index (Phi) is 5.93. The van der Waals surface area contributed by atoms with Gasteiger partial charge in [0.05, 0.1) is 35.9 Å². The van der Waals surface area contributed by atoms with Gasteiger partial charge in [-0.25, -0.2) is 4.39 Å². The fraction of sp³-hybridized carbons (Fsp3) is 0.286. The van der Waals surface area contributed by atoms with Gasteiger partial charge < -0.3 is 10.4 Å². The molecule has 0 saturated heterocycles. The van der Waals surface area contributed by atoms with Gasteiger partial charge in [-0.15, -0.1) is 0 Å². The molecule has 0 aromatic carbocycles. The molecule has 0 spiro atoms. The van der Waals surface area contributed by atoms with Crippen LogP contribution in [0.2, 0.25) is 0 Å². The molecule has 3 heterocycles. The maximum absolute atomic E-state index is 13.7. The Bertz CT molecular complexity index is 1240. The van der Waals surface area contributed by atoms with Gasteiger partial charge in [0.2, 0.25) is 0 Å². The molecule has 4 rings (SSSR count). The summed E-state index contributed by atoms with van der Waals surface area (Å²) in [5, 5.41) is 16.7. The van der Waals surface area contributed by atoms with Crippen LogP contribution in [0.4, 0.5) is 17.6 Å². The SMILES string of the molecule is O=C(N[C@H]1CCC[C@H]1O)c1cc(-c2ccc(C(F)(F)F)nc2)nn(-c2cncc(F)c2)c1=O. The summed E-state index contributed by atoms with van der Waals surface area (Å²) in [6.07, 6.45) is -0.716. The summed E-state index contributed by atoms with van der Waals surface area (Å²) in [7, 11) is 0. The van der Waals surface area contributed by atoms with Crippen LogP contribution in [0.5, 0.6) is 0 Å². The van der Waals surface area contributed by atoms with Crippen LogP contribution in [0.1, 0.15) is 35.3 Å². The van der Waals surface area contributed by atoms with Crippen LogP contribution in [0, 0.1) is 5.82 Å². The summed E-state index contributed by atoms with van der Waals surface area (Å²) in [6.45, 7) is 0. The highest BCUT2D eigenvalue weighted by atomic mass is 19.4. The van der Waals surface area contributed by atoms with Crippen molar-refractivity contribution in [2.45, 2.75) is 37.6 Å². The van der Waals surface area contributed by atoms with Crippen molar-refractivity contribution < 1.29 is 27.5 Å². The van der Waals surface area contributed by atoms with Crippen molar-refractivity contribution in [3.8, 4) is 16.9 Å². The Balaban J connectivity index is 1.81. The Labute approximate surface area is 183 Å². The summed E-state index contributed by atoms with van der Waals surface area (Å²) in [6, 6.07) is 3.38. The van der Waals surface area contributed by atoms with Crippen molar-refractivity contribution in [3.63, 3.8) is 0 Å². The summed E-state index contributed by atoms with van der Waals surface area (Å²) in [5.74, 6) is -1.56. The number of hydrogen-bond acceptors (Lipinski definition) is 6. The zero-order valence-electron chi connectivity index (χ0n) is 16.9. The Morgan fingerprint density at radius 1 is 1.15 bits per heavy atom. The Morgan fingerprint density at radius 3 is 2.55 bits per heavy atom. The summed E-state index contributed by atoms with van der Waals surface area (Å²) in [5.41, 5.74) is -2.44. The third-order valence-corrected chi connectivity index (χ3v) is 5.24. The van der Waals surface area contributed by atoms with Crippen LogP contribution in [0.3, 0.4) is 0 Å². The van der Waals surface area contributed by atoms with Gasteiger partial charge in [-0.3, -0.25) is 19.6 Å². The van der Waals surface area contributed by atoms with Gasteiger partial charge in [-0.05, 0) is 37.5 Å². The third-order valence-electron chi connectivity index (χ3n) is 5.24. The number of carbonyl (C=O) groups excluding carboxylic acids is 1. The smallest absolute Gasteiger partial charge is 0.391 e. The average molecular weight is 463 g/mol. The number of rotatable bonds is 4. The van der Waals surface area contributed by atoms with Crippen molar-refractivity contribution in [2.75, 3.05) is 0 Å². The molecule has 172 valence electrons. The maximum atomic E-state index is 13.7. The van der Waals surface area contributed by atoms with Crippen molar-refractivity contribution in [1.82, 2.24) is 25.1 Å². The number of halogens is 4. The molecule has 1 fully saturated rings. The molecule has 3 aromatic heterocycles. The topological polar surface area (TPSA) is 110 Å². The first kappa shape index (κ1) is 22.5. The second kappa shape index (κ2) is 8.70. The molecule has 0 bridgehead atoms. The van der Waals surface area contributed by atoms with Gasteiger partial charge in [0.1, 0.15) is 17.1 Å². The third kappa shape index (κ3) is 4.75. The number of pyridine rings is 2. The minimum atomic E-state index is -4.65. The number of nitrogens with one attached hydrogen (secondary N) is 1. The first-order chi connectivity index (χ1) is 15.6. The van der Waals surface area contributed by atoms with Crippen molar-refractivity contribution >= 4 is 5.91 Å². The fourth-order valence-corrected chi connectivity index (χ4v) is 3.56. The number of amides is 1. The van der Waals surface area contributed by atoms with E-state index in [0.717, 1.165) is 47.5 Å². The van der Waals surface area contributed by atoms with E-state index in [2.05, 4.69) is 20.4 Å². The van der Waals surface area contributed by atoms with E-state index >= 15 is 0 Å². The summed E-state index contributed by atoms with van der Waals surface area (Å²) in [4.78, 5) is 32.9. The van der Waals surface area contributed by atoms with Crippen molar-refractivity contribution in [3.05, 3.63) is 70.3 Å². The van der Waals surface area contributed by atoms with Crippen molar-refractivity contribution in [2.24, 2.45) is 0 Å². The van der Waals surface area contributed by atoms with E-state index in [1.165, 1.54) is 0 Å². The minimum absolute atomic E-state index is 0.0443. The van der Waals surface area contributed by atoms with Gasteiger partial charge in [0.25, 0.3) is 11.5 Å². The van der Waals surface area contributed by atoms with E-state index in [1.54, 1.807) is 0 Å². The highest BCUT2D eigenvalue weighted by molar-refractivity contribution is 5.95. The molecule has 12 heteroatoms. The standard InChI is InChI=1S/C21H17F4N5O3/c22-12-6-13(10-26-9-12)30-20(33)14(19(32)28-15-2-1-3-17(15)31)7-16(29-30)11-4-5-18(27-8-11)21(23,24)25/h4-10,15,17,31H,1-3H2,(H,28,32)/t15-,17+/m0/s1. The molecule has 2 atom stereocenters. The highest BCUT2D eigenvalue weighted by Gasteiger charge is 2.32. The molecule has 0 aliphatic heterocycles. The Morgan fingerprint density at radius 2 is 1.94 bits per heavy atom. The van der Waals surface area contributed by atoms with Crippen LogP contribution in [0.15, 0.2) is 47.7 Å². The van der Waals surface area contributed by atoms with Gasteiger partial charge >= 0.3 is 6.18 Å². The van der Waals surface area contributed by atoms with Crippen LogP contribution in [0.25, 0.3) is 16.9 Å². The second-order valence-electron chi connectivity index (χ2n) is 7.53. The van der Waals surface area contributed by atoms with Gasteiger partial charge in [0.15, 0.2) is 0 Å². The molecular weight excluding hydrogens is 446 g/mol. The van der Waals surface area contributed by atoms with Crippen LogP contribution in [-0.4, -0.2) is 42.9 Å². The monoisotopic (exact) mass is 463 g/mol. The zero-order chi connectivity index (χ0) is 23.8. The lowest BCUT2D eigenvalue weighted by molar-refractivity contribution is -0.141. The van der Waals surface area contributed by atoms with E-state index in [9.17, 15) is 32.3 Å². The number of aromatic nitrogens is 4. The quantitative estimate of drug-likeness (QED) is 0.576. The van der Waals surface area contributed by atoms with Crippen LogP contribution >= 0.6 is 0 Å². The maximum Gasteiger partial charge on any atom is 0.433 e. The van der Waals surface area contributed by atoms with Gasteiger partial charge in [0, 0.05) is 17.8 Å². The predicted octanol–water partition coefficient (Wildman–Crippen LogP) is 2.49. The minimum Gasteiger partial charge on any atom is -0.391 e. The van der Waals surface area contributed by atoms with E-state index in [-0.39, 0.29) is 22.5 Å². The van der Waals surface area contributed by atoms with Gasteiger partial charge in [-0.1, -0.05) is 0 Å². The van der Waals surface area contributed by atoms with Gasteiger partial charge in [-0.2, -0.15) is 23.0 Å². The molecule has 0 radical (unpaired) electrons. The molecule has 1 saturated carbocycles. The highest BCUT2D eigenvalue weighted by Crippen LogP contribution is 2.28. The van der Waals surface area contributed by atoms with E-state index in [1.807, 2.05) is 0 Å². The number of carbonyl (C=O) groups is 1. The Hall–Kier alpha value is -3.67. The lowest BCUT2D eigenvalue weighted by atomic mass is 10.1. The number of hydrogen-bond donors (Lipinski definition) is 2.